The van der Waals surface area contributed by atoms with Crippen molar-refractivity contribution < 1.29 is 9.18 Å². The van der Waals surface area contributed by atoms with Gasteiger partial charge in [0.05, 0.1) is 5.69 Å². The number of carbonyl (C=O) groups excluding carboxylic acids is 1. The molecule has 3 N–H and O–H groups in total. The summed E-state index contributed by atoms with van der Waals surface area (Å²) in [5.74, 6) is -0.837. The Hall–Kier alpha value is -1.88. The highest BCUT2D eigenvalue weighted by Crippen LogP contribution is 2.40. The van der Waals surface area contributed by atoms with Crippen molar-refractivity contribution in [3.63, 3.8) is 0 Å². The van der Waals surface area contributed by atoms with E-state index < -0.39 is 11.4 Å². The van der Waals surface area contributed by atoms with E-state index in [2.05, 4.69) is 5.32 Å². The fourth-order valence-corrected chi connectivity index (χ4v) is 3.80. The third kappa shape index (κ3) is 1.98. The lowest BCUT2D eigenvalue weighted by Gasteiger charge is -2.36. The number of aryl methyl sites for hydroxylation is 1. The van der Waals surface area contributed by atoms with Crippen LogP contribution in [0.5, 0.6) is 0 Å². The Kier molecular flexibility index (Phi) is 3.22. The van der Waals surface area contributed by atoms with Gasteiger partial charge in [-0.15, -0.1) is 11.3 Å². The molecule has 0 bridgehead atoms. The minimum absolute atomic E-state index is 0.311. The minimum Gasteiger partial charge on any atom is -0.367 e. The number of rotatable bonds is 3. The predicted molar refractivity (Wildman–Crippen MR) is 78.2 cm³/mol. The number of primary amides is 1. The molecule has 1 aromatic carbocycles. The number of benzene rings is 1. The third-order valence-electron chi connectivity index (χ3n) is 3.80. The molecule has 104 valence electrons. The summed E-state index contributed by atoms with van der Waals surface area (Å²) in [6, 6.07) is 8.26. The van der Waals surface area contributed by atoms with Crippen LogP contribution in [0, 0.1) is 5.82 Å². The molecule has 1 heterocycles. The second-order valence-electron chi connectivity index (χ2n) is 4.99. The number of nitrogens with one attached hydrogen (secondary N) is 1. The van der Waals surface area contributed by atoms with E-state index in [9.17, 15) is 9.18 Å². The molecule has 1 aromatic heterocycles. The van der Waals surface area contributed by atoms with Crippen molar-refractivity contribution in [3.8, 4) is 0 Å². The van der Waals surface area contributed by atoms with Gasteiger partial charge in [-0.25, -0.2) is 4.39 Å². The maximum atomic E-state index is 13.9. The van der Waals surface area contributed by atoms with Gasteiger partial charge in [0.2, 0.25) is 5.91 Å². The SMILES string of the molecule is NC(=O)C1(Nc2ccccc2F)CCCc2sccc21. The molecule has 0 radical (unpaired) electrons. The fourth-order valence-electron chi connectivity index (χ4n) is 2.80. The van der Waals surface area contributed by atoms with Crippen molar-refractivity contribution in [1.82, 2.24) is 0 Å². The number of amides is 1. The summed E-state index contributed by atoms with van der Waals surface area (Å²) in [5, 5.41) is 5.02. The average molecular weight is 290 g/mol. The lowest BCUT2D eigenvalue weighted by molar-refractivity contribution is -0.123. The number of halogens is 1. The third-order valence-corrected chi connectivity index (χ3v) is 4.78. The molecule has 0 spiro atoms. The van der Waals surface area contributed by atoms with Crippen LogP contribution < -0.4 is 11.1 Å². The molecule has 0 saturated heterocycles. The molecule has 0 aliphatic heterocycles. The fraction of sp³-hybridized carbons (Fsp3) is 0.267. The molecule has 0 saturated carbocycles. The highest BCUT2D eigenvalue weighted by Gasteiger charge is 2.43. The van der Waals surface area contributed by atoms with Crippen LogP contribution in [0.25, 0.3) is 0 Å². The first kappa shape index (κ1) is 13.1. The summed E-state index contributed by atoms with van der Waals surface area (Å²) in [4.78, 5) is 13.2. The minimum atomic E-state index is -1.00. The van der Waals surface area contributed by atoms with Gasteiger partial charge in [-0.1, -0.05) is 12.1 Å². The van der Waals surface area contributed by atoms with Crippen LogP contribution in [-0.4, -0.2) is 5.91 Å². The first-order valence-corrected chi connectivity index (χ1v) is 7.41. The number of thiophene rings is 1. The van der Waals surface area contributed by atoms with Crippen molar-refractivity contribution >= 4 is 22.9 Å². The van der Waals surface area contributed by atoms with E-state index in [0.717, 1.165) is 23.3 Å². The second-order valence-corrected chi connectivity index (χ2v) is 5.99. The molecule has 1 aliphatic rings. The maximum absolute atomic E-state index is 13.9. The van der Waals surface area contributed by atoms with Crippen LogP contribution in [0.1, 0.15) is 23.3 Å². The second kappa shape index (κ2) is 4.90. The maximum Gasteiger partial charge on any atom is 0.247 e. The van der Waals surface area contributed by atoms with Crippen LogP contribution in [0.2, 0.25) is 0 Å². The van der Waals surface area contributed by atoms with Gasteiger partial charge in [0.25, 0.3) is 0 Å². The molecule has 1 atom stereocenters. The summed E-state index contributed by atoms with van der Waals surface area (Å²) < 4.78 is 13.9. The predicted octanol–water partition coefficient (Wildman–Crippen LogP) is 3.02. The summed E-state index contributed by atoms with van der Waals surface area (Å²) >= 11 is 1.62. The Morgan fingerprint density at radius 1 is 1.35 bits per heavy atom. The van der Waals surface area contributed by atoms with E-state index in [4.69, 9.17) is 5.73 Å². The van der Waals surface area contributed by atoms with Crippen LogP contribution in [0.3, 0.4) is 0 Å². The average Bonchev–Trinajstić information content (AvgIpc) is 2.91. The van der Waals surface area contributed by atoms with E-state index in [0.29, 0.717) is 12.1 Å². The lowest BCUT2D eigenvalue weighted by Crippen LogP contribution is -2.49. The van der Waals surface area contributed by atoms with Gasteiger partial charge in [0.15, 0.2) is 0 Å². The topological polar surface area (TPSA) is 55.1 Å². The van der Waals surface area contributed by atoms with Crippen molar-refractivity contribution in [2.24, 2.45) is 5.73 Å². The van der Waals surface area contributed by atoms with Crippen molar-refractivity contribution in [2.75, 3.05) is 5.32 Å². The molecule has 20 heavy (non-hydrogen) atoms. The zero-order valence-corrected chi connectivity index (χ0v) is 11.7. The highest BCUT2D eigenvalue weighted by molar-refractivity contribution is 7.10. The number of hydrogen-bond donors (Lipinski definition) is 2. The zero-order valence-electron chi connectivity index (χ0n) is 10.9. The van der Waals surface area contributed by atoms with Crippen LogP contribution in [0.15, 0.2) is 35.7 Å². The van der Waals surface area contributed by atoms with E-state index >= 15 is 0 Å². The number of carbonyl (C=O) groups is 1. The van der Waals surface area contributed by atoms with E-state index in [-0.39, 0.29) is 5.82 Å². The Bertz CT molecular complexity index is 655. The number of nitrogens with two attached hydrogens (primary N) is 1. The Morgan fingerprint density at radius 3 is 2.90 bits per heavy atom. The number of fused-ring (bicyclic) bond motifs is 1. The van der Waals surface area contributed by atoms with Crippen molar-refractivity contribution in [1.29, 1.82) is 0 Å². The molecule has 3 rings (SSSR count). The highest BCUT2D eigenvalue weighted by atomic mass is 32.1. The van der Waals surface area contributed by atoms with E-state index in [1.54, 1.807) is 29.5 Å². The van der Waals surface area contributed by atoms with Gasteiger partial charge in [0.1, 0.15) is 11.4 Å². The largest absolute Gasteiger partial charge is 0.367 e. The molecular formula is C15H15FN2OS. The van der Waals surface area contributed by atoms with Gasteiger partial charge in [0, 0.05) is 10.4 Å². The molecule has 1 amide bonds. The molecule has 0 fully saturated rings. The Balaban J connectivity index is 2.08. The molecular weight excluding hydrogens is 275 g/mol. The monoisotopic (exact) mass is 290 g/mol. The van der Waals surface area contributed by atoms with Gasteiger partial charge in [-0.2, -0.15) is 0 Å². The van der Waals surface area contributed by atoms with Gasteiger partial charge in [-0.3, -0.25) is 4.79 Å². The molecule has 1 aliphatic carbocycles. The quantitative estimate of drug-likeness (QED) is 0.913. The van der Waals surface area contributed by atoms with E-state index in [1.807, 2.05) is 11.4 Å². The molecule has 3 nitrogen and oxygen atoms in total. The smallest absolute Gasteiger partial charge is 0.247 e. The first-order chi connectivity index (χ1) is 9.63. The standard InChI is InChI=1S/C15H15FN2OS/c16-11-4-1-2-5-12(11)18-15(14(17)19)8-3-6-13-10(15)7-9-20-13/h1-2,4-5,7,9,18H,3,6,8H2,(H2,17,19). The molecule has 2 aromatic rings. The van der Waals surface area contributed by atoms with Gasteiger partial charge in [-0.05, 0) is 42.8 Å². The summed E-state index contributed by atoms with van der Waals surface area (Å²) in [5.41, 5.74) is 5.85. The summed E-state index contributed by atoms with van der Waals surface area (Å²) in [7, 11) is 0. The van der Waals surface area contributed by atoms with Crippen LogP contribution in [0.4, 0.5) is 10.1 Å². The molecule has 1 unspecified atom stereocenters. The number of anilines is 1. The zero-order chi connectivity index (χ0) is 14.2. The number of hydrogen-bond acceptors (Lipinski definition) is 3. The molecule has 5 heteroatoms. The van der Waals surface area contributed by atoms with E-state index in [1.165, 1.54) is 6.07 Å². The summed E-state index contributed by atoms with van der Waals surface area (Å²) in [6.07, 6.45) is 2.39. The Morgan fingerprint density at radius 2 is 2.15 bits per heavy atom. The summed E-state index contributed by atoms with van der Waals surface area (Å²) in [6.45, 7) is 0. The van der Waals surface area contributed by atoms with Crippen molar-refractivity contribution in [2.45, 2.75) is 24.8 Å². The lowest BCUT2D eigenvalue weighted by atomic mass is 9.79. The normalized spacial score (nSPS) is 21.2. The first-order valence-electron chi connectivity index (χ1n) is 6.53. The van der Waals surface area contributed by atoms with Crippen LogP contribution in [-0.2, 0) is 16.8 Å². The van der Waals surface area contributed by atoms with Crippen molar-refractivity contribution in [3.05, 3.63) is 52.0 Å². The van der Waals surface area contributed by atoms with Crippen LogP contribution >= 0.6 is 11.3 Å². The van der Waals surface area contributed by atoms with Gasteiger partial charge >= 0.3 is 0 Å². The Labute approximate surface area is 120 Å². The number of para-hydroxylation sites is 1. The van der Waals surface area contributed by atoms with Gasteiger partial charge < -0.3 is 11.1 Å².